The van der Waals surface area contributed by atoms with Gasteiger partial charge in [-0.15, -0.1) is 0 Å². The lowest BCUT2D eigenvalue weighted by molar-refractivity contribution is -0.137. The van der Waals surface area contributed by atoms with E-state index in [-0.39, 0.29) is 5.69 Å². The van der Waals surface area contributed by atoms with Crippen molar-refractivity contribution in [1.29, 1.82) is 0 Å². The van der Waals surface area contributed by atoms with Crippen molar-refractivity contribution in [2.24, 2.45) is 0 Å². The Balaban J connectivity index is 1.21. The van der Waals surface area contributed by atoms with Gasteiger partial charge in [-0.2, -0.15) is 23.1 Å². The van der Waals surface area contributed by atoms with Crippen molar-refractivity contribution in [2.45, 2.75) is 32.5 Å². The zero-order valence-corrected chi connectivity index (χ0v) is 25.5. The molecule has 1 fully saturated rings. The summed E-state index contributed by atoms with van der Waals surface area (Å²) in [6.45, 7) is 7.22. The largest absolute Gasteiger partial charge is 0.417 e. The Morgan fingerprint density at radius 1 is 0.933 bits per heavy atom. The summed E-state index contributed by atoms with van der Waals surface area (Å²) in [6, 6.07) is 17.4. The van der Waals surface area contributed by atoms with Gasteiger partial charge in [-0.1, -0.05) is 48.0 Å². The van der Waals surface area contributed by atoms with E-state index in [9.17, 15) is 23.1 Å². The number of aryl methyl sites for hydroxylation is 2. The molecule has 45 heavy (non-hydrogen) atoms. The maximum Gasteiger partial charge on any atom is 0.417 e. The molecule has 13 heteroatoms. The van der Waals surface area contributed by atoms with Gasteiger partial charge < -0.3 is 20.6 Å². The van der Waals surface area contributed by atoms with Gasteiger partial charge in [-0.25, -0.2) is 9.78 Å². The molecule has 1 aliphatic rings. The average molecular weight is 640 g/mol. The Morgan fingerprint density at radius 2 is 1.60 bits per heavy atom. The number of β-amino-alcohol motifs (C(OH)–C–C–N with tert-alkyl or cyclic N) is 1. The number of hydrogen-bond acceptors (Lipinski definition) is 7. The van der Waals surface area contributed by atoms with Gasteiger partial charge in [0.1, 0.15) is 11.6 Å². The van der Waals surface area contributed by atoms with Crippen LogP contribution in [0, 0.1) is 13.8 Å². The molecular formula is C32H33ClF3N7O2. The highest BCUT2D eigenvalue weighted by molar-refractivity contribution is 6.31. The van der Waals surface area contributed by atoms with Crippen molar-refractivity contribution < 1.29 is 23.1 Å². The van der Waals surface area contributed by atoms with Crippen molar-refractivity contribution in [3.05, 3.63) is 106 Å². The van der Waals surface area contributed by atoms with Crippen LogP contribution < -0.4 is 15.5 Å². The van der Waals surface area contributed by atoms with Gasteiger partial charge in [0.2, 0.25) is 5.95 Å². The molecule has 1 aliphatic heterocycles. The van der Waals surface area contributed by atoms with Crippen molar-refractivity contribution in [1.82, 2.24) is 19.9 Å². The summed E-state index contributed by atoms with van der Waals surface area (Å²) in [7, 11) is 0. The number of carbonyl (C=O) groups is 1. The monoisotopic (exact) mass is 639 g/mol. The molecule has 3 aromatic carbocycles. The quantitative estimate of drug-likeness (QED) is 0.209. The van der Waals surface area contributed by atoms with E-state index in [1.165, 1.54) is 6.07 Å². The molecule has 1 atom stereocenters. The molecule has 1 saturated heterocycles. The summed E-state index contributed by atoms with van der Waals surface area (Å²) in [5, 5.41) is 15.3. The predicted octanol–water partition coefficient (Wildman–Crippen LogP) is 6.25. The fourth-order valence-electron chi connectivity index (χ4n) is 5.12. The number of nitrogens with one attached hydrogen (secondary N) is 2. The number of benzene rings is 3. The first kappa shape index (κ1) is 32.1. The number of alkyl halides is 3. The molecule has 1 aromatic heterocycles. The fourth-order valence-corrected chi connectivity index (χ4v) is 5.35. The summed E-state index contributed by atoms with van der Waals surface area (Å²) in [6.07, 6.45) is -4.82. The maximum atomic E-state index is 13.2. The Bertz CT molecular complexity index is 1650. The third-order valence-corrected chi connectivity index (χ3v) is 7.87. The van der Waals surface area contributed by atoms with Crippen LogP contribution in [0.1, 0.15) is 40.0 Å². The number of hydrogen-bond donors (Lipinski definition) is 3. The number of halogens is 4. The molecule has 0 bridgehead atoms. The van der Waals surface area contributed by atoms with Crippen LogP contribution in [0.3, 0.4) is 0 Å². The van der Waals surface area contributed by atoms with Crippen molar-refractivity contribution in [3.63, 3.8) is 0 Å². The maximum absolute atomic E-state index is 13.2. The van der Waals surface area contributed by atoms with Crippen LogP contribution in [0.25, 0.3) is 0 Å². The van der Waals surface area contributed by atoms with Crippen LogP contribution in [-0.2, 0) is 12.6 Å². The van der Waals surface area contributed by atoms with E-state index in [4.69, 9.17) is 16.6 Å². The zero-order valence-electron chi connectivity index (χ0n) is 24.8. The number of amides is 2. The number of aliphatic hydroxyl groups is 1. The second kappa shape index (κ2) is 13.8. The number of nitrogens with zero attached hydrogens (tertiary/aromatic N) is 5. The Hall–Kier alpha value is -4.26. The molecule has 2 amide bonds. The number of piperazine rings is 1. The lowest BCUT2D eigenvalue weighted by atomic mass is 10.0. The smallest absolute Gasteiger partial charge is 0.387 e. The van der Waals surface area contributed by atoms with Crippen LogP contribution >= 0.6 is 11.6 Å². The zero-order chi connectivity index (χ0) is 32.1. The highest BCUT2D eigenvalue weighted by atomic mass is 35.5. The molecule has 3 N–H and O–H groups in total. The predicted molar refractivity (Wildman–Crippen MR) is 168 cm³/mol. The number of aliphatic hydroxyl groups excluding tert-OH is 1. The first-order valence-electron chi connectivity index (χ1n) is 14.4. The second-order valence-electron chi connectivity index (χ2n) is 10.9. The average Bonchev–Trinajstić information content (AvgIpc) is 3.00. The van der Waals surface area contributed by atoms with E-state index in [2.05, 4.69) is 30.4 Å². The number of urea groups is 1. The standard InChI is InChI=1S/C32H33ClF3N7O2/c1-20-8-9-24(39-31(45)40-25-10-11-27(33)26(18-25)32(34,35)36)16-23(20)17-29-37-21(2)38-30(41-29)43-14-12-42(13-15-43)19-28(44)22-6-4-3-5-7-22/h3-11,16,18,28,44H,12-15,17,19H2,1-2H3,(H2,39,40,45). The van der Waals surface area contributed by atoms with Crippen LogP contribution in [0.4, 0.5) is 35.3 Å². The summed E-state index contributed by atoms with van der Waals surface area (Å²) in [5.41, 5.74) is 2.11. The lowest BCUT2D eigenvalue weighted by Crippen LogP contribution is -2.48. The summed E-state index contributed by atoms with van der Waals surface area (Å²) in [5.74, 6) is 1.75. The number of rotatable bonds is 8. The summed E-state index contributed by atoms with van der Waals surface area (Å²) >= 11 is 5.68. The van der Waals surface area contributed by atoms with Gasteiger partial charge in [0, 0.05) is 50.5 Å². The van der Waals surface area contributed by atoms with Gasteiger partial charge in [0.15, 0.2) is 0 Å². The molecule has 1 unspecified atom stereocenters. The van der Waals surface area contributed by atoms with Gasteiger partial charge in [-0.05, 0) is 60.9 Å². The van der Waals surface area contributed by atoms with E-state index in [0.29, 0.717) is 49.3 Å². The molecule has 0 radical (unpaired) electrons. The van der Waals surface area contributed by atoms with E-state index in [1.807, 2.05) is 50.2 Å². The molecule has 0 saturated carbocycles. The summed E-state index contributed by atoms with van der Waals surface area (Å²) < 4.78 is 39.6. The molecule has 0 aliphatic carbocycles. The van der Waals surface area contributed by atoms with E-state index >= 15 is 0 Å². The van der Waals surface area contributed by atoms with E-state index in [0.717, 1.165) is 41.9 Å². The van der Waals surface area contributed by atoms with Gasteiger partial charge in [0.25, 0.3) is 0 Å². The third kappa shape index (κ3) is 8.47. The molecule has 9 nitrogen and oxygen atoms in total. The molecule has 2 heterocycles. The van der Waals surface area contributed by atoms with Crippen molar-refractivity contribution in [2.75, 3.05) is 48.3 Å². The van der Waals surface area contributed by atoms with E-state index in [1.54, 1.807) is 12.1 Å². The van der Waals surface area contributed by atoms with Gasteiger partial charge in [0.05, 0.1) is 16.7 Å². The highest BCUT2D eigenvalue weighted by Crippen LogP contribution is 2.36. The minimum Gasteiger partial charge on any atom is -0.387 e. The minimum absolute atomic E-state index is 0.0436. The number of carbonyl (C=O) groups excluding carboxylic acids is 1. The molecule has 236 valence electrons. The van der Waals surface area contributed by atoms with Crippen LogP contribution in [-0.4, -0.2) is 63.7 Å². The van der Waals surface area contributed by atoms with Gasteiger partial charge in [-0.3, -0.25) is 4.90 Å². The fraction of sp³-hybridized carbons (Fsp3) is 0.312. The molecule has 0 spiro atoms. The first-order valence-corrected chi connectivity index (χ1v) is 14.8. The second-order valence-corrected chi connectivity index (χ2v) is 11.3. The highest BCUT2D eigenvalue weighted by Gasteiger charge is 2.33. The third-order valence-electron chi connectivity index (χ3n) is 7.54. The lowest BCUT2D eigenvalue weighted by Gasteiger charge is -2.35. The SMILES string of the molecule is Cc1nc(Cc2cc(NC(=O)Nc3ccc(Cl)c(C(F)(F)F)c3)ccc2C)nc(N2CCN(CC(O)c3ccccc3)CC2)n1. The number of aromatic nitrogens is 3. The molecular weight excluding hydrogens is 607 g/mol. The first-order chi connectivity index (χ1) is 21.4. The van der Waals surface area contributed by atoms with Crippen molar-refractivity contribution >= 4 is 35.0 Å². The number of anilines is 3. The van der Waals surface area contributed by atoms with Crippen LogP contribution in [0.15, 0.2) is 66.7 Å². The van der Waals surface area contributed by atoms with E-state index < -0.39 is 28.9 Å². The Morgan fingerprint density at radius 3 is 2.29 bits per heavy atom. The molecule has 5 rings (SSSR count). The Labute approximate surface area is 264 Å². The van der Waals surface area contributed by atoms with Crippen LogP contribution in [0.5, 0.6) is 0 Å². The minimum atomic E-state index is -4.65. The molecule has 4 aromatic rings. The normalized spacial score (nSPS) is 14.7. The van der Waals surface area contributed by atoms with Crippen LogP contribution in [0.2, 0.25) is 5.02 Å². The van der Waals surface area contributed by atoms with Crippen molar-refractivity contribution in [3.8, 4) is 0 Å². The topological polar surface area (TPSA) is 107 Å². The van der Waals surface area contributed by atoms with Gasteiger partial charge >= 0.3 is 12.2 Å². The summed E-state index contributed by atoms with van der Waals surface area (Å²) in [4.78, 5) is 30.8. The Kier molecular flexibility index (Phi) is 9.86.